The first-order valence-corrected chi connectivity index (χ1v) is 11.5. The Hall–Kier alpha value is -1.42. The number of aliphatic hydroxyl groups excluding tert-OH is 1. The van der Waals surface area contributed by atoms with Gasteiger partial charge in [0.25, 0.3) is 0 Å². The number of aliphatic hydroxyl groups is 1. The Morgan fingerprint density at radius 1 is 1.21 bits per heavy atom. The molecule has 2 heterocycles. The number of rotatable bonds is 13. The topological polar surface area (TPSA) is 53.4 Å². The highest BCUT2D eigenvalue weighted by Gasteiger charge is 2.30. The number of hydrogen-bond donors (Lipinski definition) is 1. The van der Waals surface area contributed by atoms with Crippen LogP contribution in [0.4, 0.5) is 0 Å². The lowest BCUT2D eigenvalue weighted by molar-refractivity contribution is -0.134. The lowest BCUT2D eigenvalue weighted by atomic mass is 9.99. The first-order valence-electron chi connectivity index (χ1n) is 11.5. The molecule has 0 radical (unpaired) electrons. The van der Waals surface area contributed by atoms with Crippen molar-refractivity contribution >= 4 is 5.91 Å². The molecule has 158 valence electrons. The predicted octanol–water partition coefficient (Wildman–Crippen LogP) is 5.66. The molecule has 1 aromatic heterocycles. The van der Waals surface area contributed by atoms with Crippen molar-refractivity contribution in [3.8, 4) is 0 Å². The average molecular weight is 389 g/mol. The molecule has 28 heavy (non-hydrogen) atoms. The fourth-order valence-electron chi connectivity index (χ4n) is 4.19. The highest BCUT2D eigenvalue weighted by molar-refractivity contribution is 5.77. The maximum atomic E-state index is 12.7. The lowest BCUT2D eigenvalue weighted by Crippen LogP contribution is -2.33. The number of aromatic nitrogens is 1. The quantitative estimate of drug-likeness (QED) is 0.443. The number of likely N-dealkylation sites (tertiary alicyclic amines) is 1. The SMILES string of the molecule is CC[C@H](C)CCCCCCCC[C@H](O)CC(=O)N1CCC[C@H]1c1cccnc1. The monoisotopic (exact) mass is 388 g/mol. The number of unbranched alkanes of at least 4 members (excludes halogenated alkanes) is 5. The molecular weight excluding hydrogens is 348 g/mol. The summed E-state index contributed by atoms with van der Waals surface area (Å²) in [5.74, 6) is 0.949. The summed E-state index contributed by atoms with van der Waals surface area (Å²) in [5, 5.41) is 10.3. The molecule has 1 aromatic rings. The number of amides is 1. The zero-order chi connectivity index (χ0) is 20.2. The van der Waals surface area contributed by atoms with Gasteiger partial charge in [0.15, 0.2) is 0 Å². The van der Waals surface area contributed by atoms with E-state index in [1.807, 2.05) is 23.2 Å². The Kier molecular flexibility index (Phi) is 10.6. The molecule has 0 aromatic carbocycles. The van der Waals surface area contributed by atoms with Crippen LogP contribution in [0.3, 0.4) is 0 Å². The standard InChI is InChI=1S/C24H40N2O2/c1-3-20(2)12-8-6-4-5-7-9-14-22(27)18-24(28)26-17-11-15-23(26)21-13-10-16-25-19-21/h10,13,16,19-20,22-23,27H,3-9,11-12,14-15,17-18H2,1-2H3/t20-,22-,23-/m0/s1. The largest absolute Gasteiger partial charge is 0.393 e. The van der Waals surface area contributed by atoms with Gasteiger partial charge in [-0.1, -0.05) is 71.3 Å². The van der Waals surface area contributed by atoms with Gasteiger partial charge in [0.1, 0.15) is 0 Å². The minimum atomic E-state index is -0.506. The normalized spacial score (nSPS) is 19.0. The summed E-state index contributed by atoms with van der Waals surface area (Å²) in [4.78, 5) is 18.8. The van der Waals surface area contributed by atoms with Crippen molar-refractivity contribution in [2.45, 2.75) is 103 Å². The molecule has 3 atom stereocenters. The third kappa shape index (κ3) is 7.90. The van der Waals surface area contributed by atoms with Crippen LogP contribution in [0.1, 0.15) is 103 Å². The van der Waals surface area contributed by atoms with Crippen molar-refractivity contribution in [1.82, 2.24) is 9.88 Å². The summed E-state index contributed by atoms with van der Waals surface area (Å²) < 4.78 is 0. The first-order chi connectivity index (χ1) is 13.6. The minimum Gasteiger partial charge on any atom is -0.393 e. The fraction of sp³-hybridized carbons (Fsp3) is 0.750. The van der Waals surface area contributed by atoms with E-state index >= 15 is 0 Å². The Balaban J connectivity index is 1.58. The van der Waals surface area contributed by atoms with Gasteiger partial charge in [-0.05, 0) is 36.8 Å². The zero-order valence-electron chi connectivity index (χ0n) is 18.0. The van der Waals surface area contributed by atoms with Crippen molar-refractivity contribution in [3.63, 3.8) is 0 Å². The second-order valence-corrected chi connectivity index (χ2v) is 8.60. The van der Waals surface area contributed by atoms with Gasteiger partial charge in [-0.3, -0.25) is 9.78 Å². The molecule has 0 spiro atoms. The van der Waals surface area contributed by atoms with Crippen LogP contribution in [0, 0.1) is 5.92 Å². The smallest absolute Gasteiger partial charge is 0.225 e. The highest BCUT2D eigenvalue weighted by Crippen LogP contribution is 2.32. The molecule has 1 aliphatic heterocycles. The molecule has 1 fully saturated rings. The van der Waals surface area contributed by atoms with Gasteiger partial charge < -0.3 is 10.0 Å². The van der Waals surface area contributed by atoms with Crippen LogP contribution in [0.5, 0.6) is 0 Å². The first kappa shape index (κ1) is 22.9. The number of carbonyl (C=O) groups excluding carboxylic acids is 1. The number of nitrogens with zero attached hydrogens (tertiary/aromatic N) is 2. The van der Waals surface area contributed by atoms with Crippen molar-refractivity contribution in [2.24, 2.45) is 5.92 Å². The summed E-state index contributed by atoms with van der Waals surface area (Å²) in [5.41, 5.74) is 1.11. The van der Waals surface area contributed by atoms with E-state index < -0.39 is 6.10 Å². The van der Waals surface area contributed by atoms with Crippen LogP contribution in [-0.2, 0) is 4.79 Å². The van der Waals surface area contributed by atoms with Gasteiger partial charge in [0.2, 0.25) is 5.91 Å². The molecule has 0 bridgehead atoms. The van der Waals surface area contributed by atoms with Crippen LogP contribution in [-0.4, -0.2) is 33.5 Å². The molecular formula is C24H40N2O2. The van der Waals surface area contributed by atoms with Crippen molar-refractivity contribution in [1.29, 1.82) is 0 Å². The molecule has 1 saturated heterocycles. The van der Waals surface area contributed by atoms with Crippen LogP contribution in [0.2, 0.25) is 0 Å². The Bertz CT molecular complexity index is 549. The lowest BCUT2D eigenvalue weighted by Gasteiger charge is -2.26. The van der Waals surface area contributed by atoms with Crippen molar-refractivity contribution in [3.05, 3.63) is 30.1 Å². The Morgan fingerprint density at radius 3 is 2.61 bits per heavy atom. The van der Waals surface area contributed by atoms with E-state index in [1.165, 1.54) is 38.5 Å². The summed E-state index contributed by atoms with van der Waals surface area (Å²) >= 11 is 0. The van der Waals surface area contributed by atoms with Gasteiger partial charge in [-0.15, -0.1) is 0 Å². The molecule has 4 heteroatoms. The fourth-order valence-corrected chi connectivity index (χ4v) is 4.19. The van der Waals surface area contributed by atoms with E-state index in [1.54, 1.807) is 6.20 Å². The second-order valence-electron chi connectivity index (χ2n) is 8.60. The highest BCUT2D eigenvalue weighted by atomic mass is 16.3. The van der Waals surface area contributed by atoms with E-state index in [4.69, 9.17) is 0 Å². The summed E-state index contributed by atoms with van der Waals surface area (Å²) in [6.45, 7) is 5.40. The third-order valence-corrected chi connectivity index (χ3v) is 6.23. The third-order valence-electron chi connectivity index (χ3n) is 6.23. The van der Waals surface area contributed by atoms with Crippen LogP contribution in [0.15, 0.2) is 24.5 Å². The Labute approximate surface area is 171 Å². The predicted molar refractivity (Wildman–Crippen MR) is 115 cm³/mol. The van der Waals surface area contributed by atoms with E-state index in [0.717, 1.165) is 50.1 Å². The van der Waals surface area contributed by atoms with Gasteiger partial charge >= 0.3 is 0 Å². The summed E-state index contributed by atoms with van der Waals surface area (Å²) in [6.07, 6.45) is 16.2. The zero-order valence-corrected chi connectivity index (χ0v) is 18.0. The number of pyridine rings is 1. The van der Waals surface area contributed by atoms with Crippen LogP contribution >= 0.6 is 0 Å². The van der Waals surface area contributed by atoms with Gasteiger partial charge in [0.05, 0.1) is 18.6 Å². The second kappa shape index (κ2) is 12.9. The van der Waals surface area contributed by atoms with E-state index in [9.17, 15) is 9.90 Å². The number of carbonyl (C=O) groups is 1. The van der Waals surface area contributed by atoms with Crippen molar-refractivity contribution < 1.29 is 9.90 Å². The molecule has 2 rings (SSSR count). The van der Waals surface area contributed by atoms with Gasteiger partial charge in [-0.2, -0.15) is 0 Å². The molecule has 0 unspecified atom stereocenters. The maximum absolute atomic E-state index is 12.7. The van der Waals surface area contributed by atoms with Crippen molar-refractivity contribution in [2.75, 3.05) is 6.54 Å². The van der Waals surface area contributed by atoms with E-state index in [0.29, 0.717) is 0 Å². The van der Waals surface area contributed by atoms with Gasteiger partial charge in [0, 0.05) is 18.9 Å². The molecule has 1 aliphatic rings. The minimum absolute atomic E-state index is 0.0869. The molecule has 4 nitrogen and oxygen atoms in total. The van der Waals surface area contributed by atoms with E-state index in [-0.39, 0.29) is 18.4 Å². The molecule has 1 amide bonds. The molecule has 1 N–H and O–H groups in total. The molecule has 0 saturated carbocycles. The summed E-state index contributed by atoms with van der Waals surface area (Å²) in [7, 11) is 0. The molecule has 0 aliphatic carbocycles. The van der Waals surface area contributed by atoms with Crippen LogP contribution in [0.25, 0.3) is 0 Å². The maximum Gasteiger partial charge on any atom is 0.225 e. The van der Waals surface area contributed by atoms with Gasteiger partial charge in [-0.25, -0.2) is 0 Å². The summed E-state index contributed by atoms with van der Waals surface area (Å²) in [6, 6.07) is 4.10. The van der Waals surface area contributed by atoms with E-state index in [2.05, 4.69) is 18.8 Å². The number of hydrogen-bond acceptors (Lipinski definition) is 3. The van der Waals surface area contributed by atoms with Crippen LogP contribution < -0.4 is 0 Å². The Morgan fingerprint density at radius 2 is 1.93 bits per heavy atom. The average Bonchev–Trinajstić information content (AvgIpc) is 3.20.